The maximum Gasteiger partial charge on any atom is 0.0915 e. The molecule has 1 atom stereocenters. The molecule has 0 aliphatic heterocycles. The Labute approximate surface area is 123 Å². The van der Waals surface area contributed by atoms with Crippen molar-refractivity contribution >= 4 is 11.6 Å². The van der Waals surface area contributed by atoms with E-state index < -0.39 is 6.04 Å². The number of pyridine rings is 1. The van der Waals surface area contributed by atoms with Crippen molar-refractivity contribution in [2.75, 3.05) is 13.7 Å². The topological polar surface area (TPSA) is 66.0 Å². The van der Waals surface area contributed by atoms with Crippen LogP contribution in [0, 0.1) is 0 Å². The Balaban J connectivity index is 2.37. The van der Waals surface area contributed by atoms with Gasteiger partial charge in [0, 0.05) is 13.3 Å². The quantitative estimate of drug-likeness (QED) is 0.887. The molecule has 2 rings (SSSR count). The summed E-state index contributed by atoms with van der Waals surface area (Å²) >= 11 is 6.23. The predicted molar refractivity (Wildman–Crippen MR) is 78.8 cm³/mol. The van der Waals surface area contributed by atoms with Crippen molar-refractivity contribution in [2.45, 2.75) is 25.9 Å². The fourth-order valence-corrected chi connectivity index (χ4v) is 2.46. The second-order valence-corrected chi connectivity index (χ2v) is 4.88. The minimum Gasteiger partial charge on any atom is -0.383 e. The smallest absolute Gasteiger partial charge is 0.0915 e. The molecule has 2 heterocycles. The van der Waals surface area contributed by atoms with Gasteiger partial charge < -0.3 is 10.5 Å². The molecular weight excluding hydrogens is 276 g/mol. The number of aromatic nitrogens is 3. The molecule has 0 radical (unpaired) electrons. The van der Waals surface area contributed by atoms with E-state index in [0.29, 0.717) is 18.2 Å². The van der Waals surface area contributed by atoms with Gasteiger partial charge in [0.05, 0.1) is 41.8 Å². The van der Waals surface area contributed by atoms with Crippen molar-refractivity contribution in [1.29, 1.82) is 0 Å². The first-order chi connectivity index (χ1) is 9.69. The zero-order valence-corrected chi connectivity index (χ0v) is 12.5. The van der Waals surface area contributed by atoms with Gasteiger partial charge in [0.25, 0.3) is 0 Å². The average Bonchev–Trinajstić information content (AvgIpc) is 2.85. The molecule has 1 unspecified atom stereocenters. The number of nitrogens with two attached hydrogens (primary N) is 1. The molecule has 6 heteroatoms. The van der Waals surface area contributed by atoms with Crippen LogP contribution in [0.25, 0.3) is 0 Å². The third kappa shape index (κ3) is 3.00. The summed E-state index contributed by atoms with van der Waals surface area (Å²) in [6.07, 6.45) is 4.24. The van der Waals surface area contributed by atoms with Crippen LogP contribution in [0.15, 0.2) is 24.5 Å². The molecule has 2 aromatic rings. The van der Waals surface area contributed by atoms with E-state index in [9.17, 15) is 0 Å². The largest absolute Gasteiger partial charge is 0.383 e. The number of aryl methyl sites for hydroxylation is 1. The molecule has 0 saturated heterocycles. The van der Waals surface area contributed by atoms with Crippen molar-refractivity contribution in [3.05, 3.63) is 46.5 Å². The summed E-state index contributed by atoms with van der Waals surface area (Å²) in [5.41, 5.74) is 9.10. The van der Waals surface area contributed by atoms with Gasteiger partial charge in [-0.25, -0.2) is 0 Å². The summed E-state index contributed by atoms with van der Waals surface area (Å²) in [5, 5.41) is 4.81. The minimum absolute atomic E-state index is 0.391. The summed E-state index contributed by atoms with van der Waals surface area (Å²) in [4.78, 5) is 4.41. The van der Waals surface area contributed by atoms with E-state index in [4.69, 9.17) is 22.1 Å². The minimum atomic E-state index is -0.391. The van der Waals surface area contributed by atoms with E-state index >= 15 is 0 Å². The SMILES string of the molecule is CCc1cccnc1C(N)c1c(Cl)cnn1CCOC. The summed E-state index contributed by atoms with van der Waals surface area (Å²) in [6, 6.07) is 3.56. The number of halogens is 1. The summed E-state index contributed by atoms with van der Waals surface area (Å²) in [7, 11) is 1.65. The zero-order valence-electron chi connectivity index (χ0n) is 11.7. The van der Waals surface area contributed by atoms with Gasteiger partial charge in [0.1, 0.15) is 0 Å². The van der Waals surface area contributed by atoms with E-state index in [1.54, 1.807) is 24.2 Å². The highest BCUT2D eigenvalue weighted by Gasteiger charge is 2.21. The second kappa shape index (κ2) is 6.83. The highest BCUT2D eigenvalue weighted by molar-refractivity contribution is 6.31. The van der Waals surface area contributed by atoms with Crippen molar-refractivity contribution in [3.63, 3.8) is 0 Å². The number of ether oxygens (including phenoxy) is 1. The van der Waals surface area contributed by atoms with Crippen LogP contribution in [-0.4, -0.2) is 28.5 Å². The van der Waals surface area contributed by atoms with E-state index in [0.717, 1.165) is 23.4 Å². The lowest BCUT2D eigenvalue weighted by Gasteiger charge is -2.17. The van der Waals surface area contributed by atoms with Crippen molar-refractivity contribution in [1.82, 2.24) is 14.8 Å². The summed E-state index contributed by atoms with van der Waals surface area (Å²) in [6.45, 7) is 3.25. The summed E-state index contributed by atoms with van der Waals surface area (Å²) in [5.74, 6) is 0. The Bertz CT molecular complexity index is 570. The first-order valence-corrected chi connectivity index (χ1v) is 6.96. The van der Waals surface area contributed by atoms with Crippen LogP contribution in [0.2, 0.25) is 5.02 Å². The molecule has 0 spiro atoms. The van der Waals surface area contributed by atoms with Gasteiger partial charge in [0.15, 0.2) is 0 Å². The lowest BCUT2D eigenvalue weighted by atomic mass is 10.0. The van der Waals surface area contributed by atoms with Crippen LogP contribution >= 0.6 is 11.6 Å². The van der Waals surface area contributed by atoms with Gasteiger partial charge in [-0.1, -0.05) is 24.6 Å². The van der Waals surface area contributed by atoms with Gasteiger partial charge in [-0.3, -0.25) is 9.67 Å². The van der Waals surface area contributed by atoms with Gasteiger partial charge in [-0.15, -0.1) is 0 Å². The molecule has 0 aliphatic rings. The third-order valence-corrected chi connectivity index (χ3v) is 3.53. The van der Waals surface area contributed by atoms with Crippen LogP contribution in [0.5, 0.6) is 0 Å². The summed E-state index contributed by atoms with van der Waals surface area (Å²) < 4.78 is 6.86. The first kappa shape index (κ1) is 15.0. The van der Waals surface area contributed by atoms with Crippen molar-refractivity contribution in [2.24, 2.45) is 5.73 Å². The first-order valence-electron chi connectivity index (χ1n) is 6.58. The molecule has 5 nitrogen and oxygen atoms in total. The highest BCUT2D eigenvalue weighted by Crippen LogP contribution is 2.27. The molecule has 0 saturated carbocycles. The molecule has 0 aromatic carbocycles. The van der Waals surface area contributed by atoms with Gasteiger partial charge in [-0.2, -0.15) is 5.10 Å². The third-order valence-electron chi connectivity index (χ3n) is 3.24. The van der Waals surface area contributed by atoms with Crippen LogP contribution < -0.4 is 5.73 Å². The fraction of sp³-hybridized carbons (Fsp3) is 0.429. The number of rotatable bonds is 6. The number of nitrogens with zero attached hydrogens (tertiary/aromatic N) is 3. The maximum absolute atomic E-state index is 6.36. The normalized spacial score (nSPS) is 12.6. The standard InChI is InChI=1S/C14H19ClN4O/c1-3-10-5-4-6-17-13(10)12(16)14-11(15)9-18-19(14)7-8-20-2/h4-6,9,12H,3,7-8,16H2,1-2H3. The fourth-order valence-electron chi connectivity index (χ4n) is 2.20. The Morgan fingerprint density at radius 1 is 1.50 bits per heavy atom. The Morgan fingerprint density at radius 2 is 2.30 bits per heavy atom. The Morgan fingerprint density at radius 3 is 3.00 bits per heavy atom. The van der Waals surface area contributed by atoms with Crippen LogP contribution in [-0.2, 0) is 17.7 Å². The average molecular weight is 295 g/mol. The number of methoxy groups -OCH3 is 1. The molecule has 0 fully saturated rings. The predicted octanol–water partition coefficient (Wildman–Crippen LogP) is 2.19. The van der Waals surface area contributed by atoms with E-state index in [1.165, 1.54) is 0 Å². The number of hydrogen-bond donors (Lipinski definition) is 1. The molecule has 108 valence electrons. The van der Waals surface area contributed by atoms with Crippen LogP contribution in [0.1, 0.15) is 29.9 Å². The Kier molecular flexibility index (Phi) is 5.11. The molecule has 2 aromatic heterocycles. The molecule has 0 aliphatic carbocycles. The lowest BCUT2D eigenvalue weighted by molar-refractivity contribution is 0.182. The monoisotopic (exact) mass is 294 g/mol. The van der Waals surface area contributed by atoms with Crippen LogP contribution in [0.4, 0.5) is 0 Å². The molecular formula is C14H19ClN4O. The van der Waals surface area contributed by atoms with E-state index in [1.807, 2.05) is 12.1 Å². The van der Waals surface area contributed by atoms with Gasteiger partial charge >= 0.3 is 0 Å². The van der Waals surface area contributed by atoms with E-state index in [2.05, 4.69) is 17.0 Å². The Hall–Kier alpha value is -1.43. The molecule has 0 bridgehead atoms. The highest BCUT2D eigenvalue weighted by atomic mass is 35.5. The molecule has 0 amide bonds. The molecule has 2 N–H and O–H groups in total. The van der Waals surface area contributed by atoms with Gasteiger partial charge in [-0.05, 0) is 18.1 Å². The van der Waals surface area contributed by atoms with E-state index in [-0.39, 0.29) is 0 Å². The number of hydrogen-bond acceptors (Lipinski definition) is 4. The lowest BCUT2D eigenvalue weighted by Crippen LogP contribution is -2.21. The molecule has 20 heavy (non-hydrogen) atoms. The maximum atomic E-state index is 6.36. The zero-order chi connectivity index (χ0) is 14.5. The van der Waals surface area contributed by atoms with Crippen molar-refractivity contribution in [3.8, 4) is 0 Å². The van der Waals surface area contributed by atoms with Gasteiger partial charge in [0.2, 0.25) is 0 Å². The second-order valence-electron chi connectivity index (χ2n) is 4.47. The van der Waals surface area contributed by atoms with Crippen molar-refractivity contribution < 1.29 is 4.74 Å². The van der Waals surface area contributed by atoms with Crippen LogP contribution in [0.3, 0.4) is 0 Å².